The molecule has 8 rings (SSSR count). The van der Waals surface area contributed by atoms with E-state index in [-0.39, 0.29) is 0 Å². The third kappa shape index (κ3) is 6.61. The first-order valence-corrected chi connectivity index (χ1v) is 16.8. The molecule has 0 unspecified atom stereocenters. The van der Waals surface area contributed by atoms with Crippen LogP contribution in [0.5, 0.6) is 0 Å². The molecule has 4 aromatic heterocycles. The molecule has 5 heterocycles. The van der Waals surface area contributed by atoms with Gasteiger partial charge in [-0.2, -0.15) is 0 Å². The Morgan fingerprint density at radius 3 is 1.89 bits per heavy atom. The maximum absolute atomic E-state index is 5.47. The molecule has 0 radical (unpaired) electrons. The molecule has 7 heteroatoms. The molecule has 0 spiro atoms. The molecule has 7 aromatic rings. The molecule has 224 valence electrons. The van der Waals surface area contributed by atoms with Crippen molar-refractivity contribution < 1.29 is 4.74 Å². The number of para-hydroxylation sites is 1. The first-order valence-electron chi connectivity index (χ1n) is 15.2. The second-order valence-electron chi connectivity index (χ2n) is 11.2. The van der Waals surface area contributed by atoms with Gasteiger partial charge < -0.3 is 15.0 Å². The molecule has 1 fully saturated rings. The Balaban J connectivity index is 0.000000145. The van der Waals surface area contributed by atoms with Gasteiger partial charge in [0, 0.05) is 40.9 Å². The van der Waals surface area contributed by atoms with Crippen LogP contribution in [0.3, 0.4) is 0 Å². The van der Waals surface area contributed by atoms with E-state index in [1.54, 1.807) is 11.3 Å². The lowest BCUT2D eigenvalue weighted by atomic mass is 10.1. The predicted octanol–water partition coefficient (Wildman–Crippen LogP) is 10.1. The van der Waals surface area contributed by atoms with Crippen LogP contribution in [0.4, 0.5) is 17.1 Å². The van der Waals surface area contributed by atoms with Gasteiger partial charge in [0.1, 0.15) is 0 Å². The number of hydrogen-bond donors (Lipinski definition) is 1. The topological polar surface area (TPSA) is 50.3 Å². The normalized spacial score (nSPS) is 13.1. The summed E-state index contributed by atoms with van der Waals surface area (Å²) in [6, 6.07) is 36.0. The van der Waals surface area contributed by atoms with Gasteiger partial charge >= 0.3 is 0 Å². The van der Waals surface area contributed by atoms with Crippen molar-refractivity contribution in [1.29, 1.82) is 0 Å². The van der Waals surface area contributed by atoms with Crippen LogP contribution >= 0.6 is 22.7 Å². The number of pyridine rings is 2. The Labute approximate surface area is 271 Å². The summed E-state index contributed by atoms with van der Waals surface area (Å²) < 4.78 is 7.93. The highest BCUT2D eigenvalue weighted by atomic mass is 32.1. The molecular formula is C38H34N4OS2. The molecule has 45 heavy (non-hydrogen) atoms. The molecule has 1 aliphatic rings. The van der Waals surface area contributed by atoms with E-state index >= 15 is 0 Å². The molecule has 0 aliphatic carbocycles. The predicted molar refractivity (Wildman–Crippen MR) is 192 cm³/mol. The number of fused-ring (bicyclic) bond motifs is 2. The molecule has 1 aliphatic heterocycles. The number of morpholine rings is 1. The van der Waals surface area contributed by atoms with Crippen LogP contribution in [0.25, 0.3) is 41.3 Å². The summed E-state index contributed by atoms with van der Waals surface area (Å²) in [5.74, 6) is 0. The van der Waals surface area contributed by atoms with Gasteiger partial charge in [0.25, 0.3) is 0 Å². The maximum Gasteiger partial charge on any atom is 0.0837 e. The molecule has 1 saturated heterocycles. The highest BCUT2D eigenvalue weighted by Gasteiger charge is 2.17. The maximum atomic E-state index is 5.47. The van der Waals surface area contributed by atoms with Gasteiger partial charge in [-0.25, -0.2) is 0 Å². The van der Waals surface area contributed by atoms with E-state index in [0.29, 0.717) is 0 Å². The lowest BCUT2D eigenvalue weighted by molar-refractivity contribution is 0.123. The molecule has 1 N–H and O–H groups in total. The summed E-state index contributed by atoms with van der Waals surface area (Å²) >= 11 is 3.61. The SMILES string of the molecule is Cc1cccc(-c2cc3nccc(N4CCOCC4)c3s2)c1.Cc1cccc(-c2cc3nccc(Nc4ccccc4)c3s2)c1. The molecule has 0 amide bonds. The summed E-state index contributed by atoms with van der Waals surface area (Å²) in [5, 5.41) is 3.49. The van der Waals surface area contributed by atoms with Crippen molar-refractivity contribution in [3.05, 3.63) is 127 Å². The van der Waals surface area contributed by atoms with Crippen molar-refractivity contribution in [2.75, 3.05) is 36.5 Å². The van der Waals surface area contributed by atoms with E-state index < -0.39 is 0 Å². The van der Waals surface area contributed by atoms with Gasteiger partial charge in [-0.05, 0) is 61.4 Å². The Bertz CT molecular complexity index is 2060. The molecule has 0 bridgehead atoms. The van der Waals surface area contributed by atoms with Crippen LogP contribution < -0.4 is 10.2 Å². The highest BCUT2D eigenvalue weighted by Crippen LogP contribution is 2.39. The Morgan fingerprint density at radius 1 is 0.644 bits per heavy atom. The van der Waals surface area contributed by atoms with Gasteiger partial charge in [-0.15, -0.1) is 22.7 Å². The number of thiophene rings is 2. The minimum atomic E-state index is 0.805. The zero-order valence-electron chi connectivity index (χ0n) is 25.4. The average Bonchev–Trinajstić information content (AvgIpc) is 3.72. The number of ether oxygens (including phenoxy) is 1. The van der Waals surface area contributed by atoms with E-state index in [9.17, 15) is 0 Å². The fraction of sp³-hybridized carbons (Fsp3) is 0.158. The van der Waals surface area contributed by atoms with Crippen molar-refractivity contribution in [2.24, 2.45) is 0 Å². The monoisotopic (exact) mass is 626 g/mol. The fourth-order valence-electron chi connectivity index (χ4n) is 5.57. The van der Waals surface area contributed by atoms with Gasteiger partial charge in [-0.1, -0.05) is 77.9 Å². The van der Waals surface area contributed by atoms with Crippen molar-refractivity contribution >= 4 is 60.2 Å². The fourth-order valence-corrected chi connectivity index (χ4v) is 7.81. The number of rotatable bonds is 5. The van der Waals surface area contributed by atoms with Crippen LogP contribution in [-0.4, -0.2) is 36.3 Å². The molecule has 5 nitrogen and oxygen atoms in total. The van der Waals surface area contributed by atoms with Crippen LogP contribution in [0.1, 0.15) is 11.1 Å². The summed E-state index contributed by atoms with van der Waals surface area (Å²) in [6.07, 6.45) is 3.78. The Hall–Kier alpha value is -4.56. The smallest absolute Gasteiger partial charge is 0.0837 e. The van der Waals surface area contributed by atoms with Crippen LogP contribution in [0, 0.1) is 13.8 Å². The van der Waals surface area contributed by atoms with E-state index in [0.717, 1.165) is 48.7 Å². The Morgan fingerprint density at radius 2 is 1.24 bits per heavy atom. The van der Waals surface area contributed by atoms with Crippen molar-refractivity contribution in [2.45, 2.75) is 13.8 Å². The summed E-state index contributed by atoms with van der Waals surface area (Å²) in [6.45, 7) is 7.78. The number of nitrogens with one attached hydrogen (secondary N) is 1. The molecular weight excluding hydrogens is 593 g/mol. The van der Waals surface area contributed by atoms with E-state index in [4.69, 9.17) is 4.74 Å². The van der Waals surface area contributed by atoms with Crippen LogP contribution in [0.2, 0.25) is 0 Å². The lowest BCUT2D eigenvalue weighted by Gasteiger charge is -2.29. The molecule has 0 atom stereocenters. The van der Waals surface area contributed by atoms with Crippen LogP contribution in [-0.2, 0) is 4.74 Å². The van der Waals surface area contributed by atoms with Gasteiger partial charge in [0.15, 0.2) is 0 Å². The van der Waals surface area contributed by atoms with E-state index in [2.05, 4.69) is 113 Å². The highest BCUT2D eigenvalue weighted by molar-refractivity contribution is 7.23. The lowest BCUT2D eigenvalue weighted by Crippen LogP contribution is -2.36. The second-order valence-corrected chi connectivity index (χ2v) is 13.3. The number of hydrogen-bond acceptors (Lipinski definition) is 7. The van der Waals surface area contributed by atoms with Crippen LogP contribution in [0.15, 0.2) is 116 Å². The molecule has 0 saturated carbocycles. The van der Waals surface area contributed by atoms with Crippen molar-refractivity contribution in [3.8, 4) is 20.9 Å². The van der Waals surface area contributed by atoms with Gasteiger partial charge in [-0.3, -0.25) is 9.97 Å². The van der Waals surface area contributed by atoms with Gasteiger partial charge in [0.05, 0.1) is 45.0 Å². The Kier molecular flexibility index (Phi) is 8.56. The minimum Gasteiger partial charge on any atom is -0.378 e. The second kappa shape index (κ2) is 13.2. The quantitative estimate of drug-likeness (QED) is 0.206. The third-order valence-corrected chi connectivity index (χ3v) is 10.2. The largest absolute Gasteiger partial charge is 0.378 e. The average molecular weight is 627 g/mol. The van der Waals surface area contributed by atoms with E-state index in [1.807, 2.05) is 48.0 Å². The minimum absolute atomic E-state index is 0.805. The first kappa shape index (κ1) is 29.2. The molecule has 3 aromatic carbocycles. The summed E-state index contributed by atoms with van der Waals surface area (Å²) in [7, 11) is 0. The number of anilines is 3. The zero-order chi connectivity index (χ0) is 30.6. The number of benzene rings is 3. The van der Waals surface area contributed by atoms with Crippen molar-refractivity contribution in [3.63, 3.8) is 0 Å². The number of aromatic nitrogens is 2. The number of nitrogens with zero attached hydrogens (tertiary/aromatic N) is 3. The van der Waals surface area contributed by atoms with Gasteiger partial charge in [0.2, 0.25) is 0 Å². The first-order chi connectivity index (χ1) is 22.1. The van der Waals surface area contributed by atoms with Crippen molar-refractivity contribution in [1.82, 2.24) is 9.97 Å². The summed E-state index contributed by atoms with van der Waals surface area (Å²) in [4.78, 5) is 14.0. The third-order valence-electron chi connectivity index (χ3n) is 7.81. The number of aryl methyl sites for hydroxylation is 2. The standard InChI is InChI=1S/C20H16N2S.C18H18N2OS/c1-14-6-5-7-15(12-14)19-13-18-20(23-19)17(10-11-21-18)22-16-8-3-2-4-9-16;1-13-3-2-4-14(11-13)17-12-15-18(22-17)16(5-6-19-15)20-7-9-21-10-8-20/h2-13H,1H3,(H,21,22);2-6,11-12H,7-10H2,1H3. The zero-order valence-corrected chi connectivity index (χ0v) is 27.0. The summed E-state index contributed by atoms with van der Waals surface area (Å²) in [5.41, 5.74) is 10.7. The van der Waals surface area contributed by atoms with E-state index in [1.165, 1.54) is 47.1 Å².